The Hall–Kier alpha value is -3.01. The molecule has 0 unspecified atom stereocenters. The standard InChI is InChI=1S/C20H21N5O3S/c21-20-18-19(16-8-4-5-9-17(16)24-20)25(14-22-18)11-13-28-12-10-23-29(26,27)15-6-2-1-3-7-15/h1-9,14,23H,10-13H2,(H2,21,24). The highest BCUT2D eigenvalue weighted by Gasteiger charge is 2.13. The van der Waals surface area contributed by atoms with Crippen molar-refractivity contribution in [3.05, 3.63) is 60.9 Å². The minimum Gasteiger partial charge on any atom is -0.382 e. The smallest absolute Gasteiger partial charge is 0.240 e. The molecule has 0 aliphatic heterocycles. The number of aromatic nitrogens is 3. The maximum absolute atomic E-state index is 12.2. The van der Waals surface area contributed by atoms with Gasteiger partial charge < -0.3 is 15.0 Å². The van der Waals surface area contributed by atoms with Gasteiger partial charge in [-0.2, -0.15) is 0 Å². The number of imidazole rings is 1. The summed E-state index contributed by atoms with van der Waals surface area (Å²) in [5.74, 6) is 0.397. The first-order valence-electron chi connectivity index (χ1n) is 9.18. The molecule has 4 rings (SSSR count). The quantitative estimate of drug-likeness (QED) is 0.430. The van der Waals surface area contributed by atoms with Gasteiger partial charge in [0.2, 0.25) is 10.0 Å². The SMILES string of the molecule is Nc1nc2ccccc2c2c1ncn2CCOCCNS(=O)(=O)c1ccccc1. The lowest BCUT2D eigenvalue weighted by Crippen LogP contribution is -2.27. The normalized spacial score (nSPS) is 12.0. The van der Waals surface area contributed by atoms with Crippen molar-refractivity contribution in [2.24, 2.45) is 0 Å². The van der Waals surface area contributed by atoms with Crippen LogP contribution in [0.1, 0.15) is 0 Å². The second-order valence-corrected chi connectivity index (χ2v) is 8.24. The molecule has 0 radical (unpaired) electrons. The number of benzene rings is 2. The first kappa shape index (κ1) is 19.3. The van der Waals surface area contributed by atoms with Crippen molar-refractivity contribution < 1.29 is 13.2 Å². The second kappa shape index (κ2) is 8.16. The lowest BCUT2D eigenvalue weighted by Gasteiger charge is -2.09. The van der Waals surface area contributed by atoms with E-state index in [0.29, 0.717) is 24.5 Å². The predicted molar refractivity (Wildman–Crippen MR) is 112 cm³/mol. The summed E-state index contributed by atoms with van der Waals surface area (Å²) in [6.07, 6.45) is 1.72. The molecule has 0 spiro atoms. The fourth-order valence-electron chi connectivity index (χ4n) is 3.17. The number of nitrogen functional groups attached to an aromatic ring is 1. The predicted octanol–water partition coefficient (Wildman–Crippen LogP) is 2.16. The third-order valence-corrected chi connectivity index (χ3v) is 6.03. The molecule has 0 aliphatic carbocycles. The molecule has 0 atom stereocenters. The number of nitrogens with zero attached hydrogens (tertiary/aromatic N) is 3. The number of pyridine rings is 1. The van der Waals surface area contributed by atoms with Crippen LogP contribution in [0.5, 0.6) is 0 Å². The van der Waals surface area contributed by atoms with Crippen LogP contribution in [0.2, 0.25) is 0 Å². The van der Waals surface area contributed by atoms with Crippen LogP contribution in [-0.2, 0) is 21.3 Å². The molecule has 0 amide bonds. The van der Waals surface area contributed by atoms with Gasteiger partial charge in [0.15, 0.2) is 5.82 Å². The van der Waals surface area contributed by atoms with Crippen LogP contribution in [0.3, 0.4) is 0 Å². The summed E-state index contributed by atoms with van der Waals surface area (Å²) in [5, 5.41) is 0.977. The molecule has 0 fully saturated rings. The molecule has 0 saturated carbocycles. The molecule has 3 N–H and O–H groups in total. The minimum absolute atomic E-state index is 0.196. The number of nitrogens with two attached hydrogens (primary N) is 1. The van der Waals surface area contributed by atoms with Gasteiger partial charge in [0.05, 0.1) is 35.5 Å². The third-order valence-electron chi connectivity index (χ3n) is 4.55. The van der Waals surface area contributed by atoms with E-state index in [9.17, 15) is 8.42 Å². The van der Waals surface area contributed by atoms with Crippen molar-refractivity contribution in [1.29, 1.82) is 0 Å². The molecular weight excluding hydrogens is 390 g/mol. The summed E-state index contributed by atoms with van der Waals surface area (Å²) >= 11 is 0. The van der Waals surface area contributed by atoms with Crippen LogP contribution in [0.4, 0.5) is 5.82 Å². The molecule has 2 heterocycles. The van der Waals surface area contributed by atoms with Gasteiger partial charge in [-0.3, -0.25) is 0 Å². The molecule has 2 aromatic carbocycles. The maximum Gasteiger partial charge on any atom is 0.240 e. The van der Waals surface area contributed by atoms with Gasteiger partial charge in [-0.05, 0) is 18.2 Å². The highest BCUT2D eigenvalue weighted by Crippen LogP contribution is 2.26. The number of anilines is 1. The largest absolute Gasteiger partial charge is 0.382 e. The van der Waals surface area contributed by atoms with Gasteiger partial charge in [-0.25, -0.2) is 23.1 Å². The molecule has 150 valence electrons. The number of ether oxygens (including phenoxy) is 1. The van der Waals surface area contributed by atoms with E-state index in [4.69, 9.17) is 10.5 Å². The number of para-hydroxylation sites is 1. The number of rotatable bonds is 8. The average molecular weight is 411 g/mol. The fraction of sp³-hybridized carbons (Fsp3) is 0.200. The molecule has 2 aromatic heterocycles. The minimum atomic E-state index is -3.51. The topological polar surface area (TPSA) is 112 Å². The van der Waals surface area contributed by atoms with Gasteiger partial charge >= 0.3 is 0 Å². The van der Waals surface area contributed by atoms with Crippen molar-refractivity contribution in [2.45, 2.75) is 11.4 Å². The van der Waals surface area contributed by atoms with Crippen LogP contribution in [0.15, 0.2) is 65.8 Å². The number of hydrogen-bond acceptors (Lipinski definition) is 6. The molecule has 8 nitrogen and oxygen atoms in total. The Morgan fingerprint density at radius 1 is 1.03 bits per heavy atom. The Morgan fingerprint density at radius 2 is 1.79 bits per heavy atom. The van der Waals surface area contributed by atoms with Crippen LogP contribution < -0.4 is 10.5 Å². The van der Waals surface area contributed by atoms with Crippen LogP contribution in [0, 0.1) is 0 Å². The zero-order chi connectivity index (χ0) is 20.3. The van der Waals surface area contributed by atoms with Gasteiger partial charge in [0.1, 0.15) is 5.52 Å². The first-order chi connectivity index (χ1) is 14.1. The summed E-state index contributed by atoms with van der Waals surface area (Å²) in [6.45, 7) is 1.44. The molecule has 9 heteroatoms. The Kier molecular flexibility index (Phi) is 5.43. The highest BCUT2D eigenvalue weighted by atomic mass is 32.2. The molecule has 4 aromatic rings. The zero-order valence-electron chi connectivity index (χ0n) is 15.7. The summed E-state index contributed by atoms with van der Waals surface area (Å²) in [4.78, 5) is 9.01. The summed E-state index contributed by atoms with van der Waals surface area (Å²) < 4.78 is 34.4. The summed E-state index contributed by atoms with van der Waals surface area (Å²) in [7, 11) is -3.51. The van der Waals surface area contributed by atoms with Gasteiger partial charge in [-0.1, -0.05) is 36.4 Å². The Morgan fingerprint density at radius 3 is 2.62 bits per heavy atom. The van der Waals surface area contributed by atoms with Crippen LogP contribution >= 0.6 is 0 Å². The lowest BCUT2D eigenvalue weighted by molar-refractivity contribution is 0.132. The van der Waals surface area contributed by atoms with Crippen molar-refractivity contribution in [1.82, 2.24) is 19.3 Å². The number of nitrogens with one attached hydrogen (secondary N) is 1. The van der Waals surface area contributed by atoms with E-state index in [1.54, 1.807) is 36.7 Å². The van der Waals surface area contributed by atoms with Crippen LogP contribution in [0.25, 0.3) is 21.9 Å². The van der Waals surface area contributed by atoms with E-state index >= 15 is 0 Å². The van der Waals surface area contributed by atoms with Crippen molar-refractivity contribution in [3.8, 4) is 0 Å². The van der Waals surface area contributed by atoms with E-state index in [0.717, 1.165) is 16.4 Å². The Balaban J connectivity index is 1.35. The van der Waals surface area contributed by atoms with E-state index in [2.05, 4.69) is 14.7 Å². The fourth-order valence-corrected chi connectivity index (χ4v) is 4.21. The van der Waals surface area contributed by atoms with E-state index in [1.807, 2.05) is 28.8 Å². The summed E-state index contributed by atoms with van der Waals surface area (Å²) in [6, 6.07) is 16.0. The average Bonchev–Trinajstić information content (AvgIpc) is 3.16. The van der Waals surface area contributed by atoms with Gasteiger partial charge in [-0.15, -0.1) is 0 Å². The number of fused-ring (bicyclic) bond motifs is 3. The number of sulfonamides is 1. The Bertz CT molecular complexity index is 1240. The van der Waals surface area contributed by atoms with Crippen LogP contribution in [-0.4, -0.2) is 42.7 Å². The van der Waals surface area contributed by atoms with E-state index in [1.165, 1.54) is 0 Å². The van der Waals surface area contributed by atoms with Crippen molar-refractivity contribution in [2.75, 3.05) is 25.5 Å². The van der Waals surface area contributed by atoms with Crippen molar-refractivity contribution >= 4 is 37.8 Å². The Labute approximate surface area is 168 Å². The lowest BCUT2D eigenvalue weighted by atomic mass is 10.2. The van der Waals surface area contributed by atoms with E-state index < -0.39 is 10.0 Å². The van der Waals surface area contributed by atoms with Gasteiger partial charge in [0.25, 0.3) is 0 Å². The molecule has 0 aliphatic rings. The molecule has 0 bridgehead atoms. The number of hydrogen-bond donors (Lipinski definition) is 2. The molecular formula is C20H21N5O3S. The maximum atomic E-state index is 12.2. The monoisotopic (exact) mass is 411 g/mol. The van der Waals surface area contributed by atoms with E-state index in [-0.39, 0.29) is 18.0 Å². The van der Waals surface area contributed by atoms with Crippen molar-refractivity contribution in [3.63, 3.8) is 0 Å². The molecule has 0 saturated heterocycles. The molecule has 29 heavy (non-hydrogen) atoms. The zero-order valence-corrected chi connectivity index (χ0v) is 16.5. The third kappa shape index (κ3) is 4.07. The first-order valence-corrected chi connectivity index (χ1v) is 10.7. The summed E-state index contributed by atoms with van der Waals surface area (Å²) in [5.41, 5.74) is 8.43. The van der Waals surface area contributed by atoms with Gasteiger partial charge in [0, 0.05) is 18.5 Å². The highest BCUT2D eigenvalue weighted by molar-refractivity contribution is 7.89. The second-order valence-electron chi connectivity index (χ2n) is 6.47.